The van der Waals surface area contributed by atoms with Gasteiger partial charge in [-0.1, -0.05) is 12.1 Å². The Morgan fingerprint density at radius 2 is 1.88 bits per heavy atom. The number of rotatable bonds is 10. The molecule has 1 heterocycles. The molecule has 2 amide bonds. The fourth-order valence-corrected chi connectivity index (χ4v) is 3.40. The second-order valence-electron chi connectivity index (χ2n) is 8.02. The summed E-state index contributed by atoms with van der Waals surface area (Å²) in [5.74, 6) is 0.943. The van der Waals surface area contributed by atoms with Gasteiger partial charge in [0.05, 0.1) is 12.6 Å². The van der Waals surface area contributed by atoms with Crippen LogP contribution in [0.5, 0.6) is 0 Å². The molecule has 1 aromatic rings. The maximum Gasteiger partial charge on any atom is 0.319 e. The van der Waals surface area contributed by atoms with E-state index in [1.54, 1.807) is 7.11 Å². The van der Waals surface area contributed by atoms with Crippen molar-refractivity contribution in [3.63, 3.8) is 0 Å². The lowest BCUT2D eigenvalue weighted by atomic mass is 10.1. The third kappa shape index (κ3) is 10.8. The summed E-state index contributed by atoms with van der Waals surface area (Å²) in [6, 6.07) is 7.72. The number of hydrogen-bond donors (Lipinski definition) is 3. The number of methoxy groups -OCH3 is 1. The molecule has 1 aromatic carbocycles. The number of aliphatic imine (C=N–C) groups is 1. The number of nitrogens with zero attached hydrogens (tertiary/aromatic N) is 2. The summed E-state index contributed by atoms with van der Waals surface area (Å²) in [5, 5.41) is 9.06. The number of benzene rings is 1. The molecule has 1 saturated heterocycles. The van der Waals surface area contributed by atoms with E-state index in [1.807, 2.05) is 38.1 Å². The molecule has 0 unspecified atom stereocenters. The van der Waals surface area contributed by atoms with Crippen LogP contribution in [0.4, 0.5) is 10.5 Å². The first-order valence-electron chi connectivity index (χ1n) is 11.3. The van der Waals surface area contributed by atoms with Crippen LogP contribution in [-0.2, 0) is 16.0 Å². The van der Waals surface area contributed by atoms with E-state index in [4.69, 9.17) is 14.5 Å². The monoisotopic (exact) mass is 561 g/mol. The van der Waals surface area contributed by atoms with E-state index in [2.05, 4.69) is 27.8 Å². The molecule has 0 radical (unpaired) electrons. The molecule has 1 aliphatic heterocycles. The summed E-state index contributed by atoms with van der Waals surface area (Å²) < 4.78 is 11.0. The van der Waals surface area contributed by atoms with Gasteiger partial charge in [-0.2, -0.15) is 0 Å². The van der Waals surface area contributed by atoms with E-state index >= 15 is 0 Å². The van der Waals surface area contributed by atoms with Crippen LogP contribution < -0.4 is 16.0 Å². The van der Waals surface area contributed by atoms with Crippen molar-refractivity contribution in [1.82, 2.24) is 15.5 Å². The maximum absolute atomic E-state index is 11.8. The van der Waals surface area contributed by atoms with Gasteiger partial charge in [-0.3, -0.25) is 0 Å². The summed E-state index contributed by atoms with van der Waals surface area (Å²) in [4.78, 5) is 18.9. The minimum absolute atomic E-state index is 0. The quantitative estimate of drug-likeness (QED) is 0.175. The molecule has 0 atom stereocenters. The van der Waals surface area contributed by atoms with Gasteiger partial charge in [0.1, 0.15) is 0 Å². The van der Waals surface area contributed by atoms with Crippen molar-refractivity contribution < 1.29 is 14.3 Å². The van der Waals surface area contributed by atoms with E-state index in [1.165, 1.54) is 0 Å². The maximum atomic E-state index is 11.8. The average Bonchev–Trinajstić information content (AvgIpc) is 2.75. The van der Waals surface area contributed by atoms with Crippen LogP contribution in [0.1, 0.15) is 45.6 Å². The predicted molar refractivity (Wildman–Crippen MR) is 141 cm³/mol. The summed E-state index contributed by atoms with van der Waals surface area (Å²) >= 11 is 0. The lowest BCUT2D eigenvalue weighted by Crippen LogP contribution is -2.47. The largest absolute Gasteiger partial charge is 0.385 e. The molecule has 0 spiro atoms. The fraction of sp³-hybridized carbons (Fsp3) is 0.652. The normalized spacial score (nSPS) is 14.8. The third-order valence-electron chi connectivity index (χ3n) is 4.97. The minimum atomic E-state index is -0.193. The van der Waals surface area contributed by atoms with Gasteiger partial charge in [-0.05, 0) is 57.7 Å². The van der Waals surface area contributed by atoms with Crippen LogP contribution in [0.25, 0.3) is 0 Å². The lowest BCUT2D eigenvalue weighted by Gasteiger charge is -2.34. The van der Waals surface area contributed by atoms with E-state index in [-0.39, 0.29) is 36.0 Å². The highest BCUT2D eigenvalue weighted by atomic mass is 127. The van der Waals surface area contributed by atoms with Crippen LogP contribution in [0, 0.1) is 0 Å². The zero-order valence-corrected chi connectivity index (χ0v) is 22.2. The highest BCUT2D eigenvalue weighted by Gasteiger charge is 2.21. The summed E-state index contributed by atoms with van der Waals surface area (Å²) in [6.45, 7) is 10.8. The number of halogens is 1. The summed E-state index contributed by atoms with van der Waals surface area (Å²) in [7, 11) is 1.72. The predicted octanol–water partition coefficient (Wildman–Crippen LogP) is 3.82. The van der Waals surface area contributed by atoms with Crippen molar-refractivity contribution in [3.05, 3.63) is 29.8 Å². The van der Waals surface area contributed by atoms with Gasteiger partial charge in [0.2, 0.25) is 0 Å². The van der Waals surface area contributed by atoms with Gasteiger partial charge >= 0.3 is 6.03 Å². The minimum Gasteiger partial charge on any atom is -0.385 e. The number of anilines is 1. The van der Waals surface area contributed by atoms with Gasteiger partial charge in [0.15, 0.2) is 5.96 Å². The Morgan fingerprint density at radius 1 is 1.19 bits per heavy atom. The van der Waals surface area contributed by atoms with Crippen LogP contribution in [-0.4, -0.2) is 69.0 Å². The first kappa shape index (κ1) is 28.4. The topological polar surface area (TPSA) is 87.2 Å². The molecule has 32 heavy (non-hydrogen) atoms. The SMILES string of the molecule is CCNC(=NCc1ccc(NC(=O)NC(C)C)cc1)N1CCC(OCCCOC)CC1.I. The molecule has 0 aliphatic carbocycles. The highest BCUT2D eigenvalue weighted by molar-refractivity contribution is 14.0. The number of urea groups is 1. The van der Waals surface area contributed by atoms with Gasteiger partial charge in [-0.25, -0.2) is 9.79 Å². The van der Waals surface area contributed by atoms with Crippen LogP contribution in [0.2, 0.25) is 0 Å². The number of likely N-dealkylation sites (tertiary alicyclic amines) is 1. The standard InChI is InChI=1S/C23H39N5O3.HI/c1-5-24-22(28-13-11-21(12-14-28)31-16-6-15-30-4)25-17-19-7-9-20(10-8-19)27-23(29)26-18(2)3;/h7-10,18,21H,5-6,11-17H2,1-4H3,(H,24,25)(H2,26,27,29);1H. The van der Waals surface area contributed by atoms with E-state index < -0.39 is 0 Å². The molecule has 0 aromatic heterocycles. The number of carbonyl (C=O) groups is 1. The molecule has 0 saturated carbocycles. The smallest absolute Gasteiger partial charge is 0.319 e. The fourth-order valence-electron chi connectivity index (χ4n) is 3.40. The van der Waals surface area contributed by atoms with Gasteiger partial charge in [0, 0.05) is 51.7 Å². The number of amides is 2. The number of piperidine rings is 1. The summed E-state index contributed by atoms with van der Waals surface area (Å²) in [6.07, 6.45) is 3.29. The van der Waals surface area contributed by atoms with Crippen molar-refractivity contribution in [2.75, 3.05) is 45.3 Å². The molecule has 9 heteroatoms. The first-order valence-corrected chi connectivity index (χ1v) is 11.3. The van der Waals surface area contributed by atoms with Crippen LogP contribution >= 0.6 is 24.0 Å². The van der Waals surface area contributed by atoms with Crippen molar-refractivity contribution in [1.29, 1.82) is 0 Å². The third-order valence-corrected chi connectivity index (χ3v) is 4.97. The molecular formula is C23H40IN5O3. The zero-order valence-electron chi connectivity index (χ0n) is 19.9. The Morgan fingerprint density at radius 3 is 2.47 bits per heavy atom. The van der Waals surface area contributed by atoms with Crippen LogP contribution in [0.3, 0.4) is 0 Å². The Hall–Kier alpha value is -1.59. The second kappa shape index (κ2) is 16.1. The zero-order chi connectivity index (χ0) is 22.5. The Labute approximate surface area is 209 Å². The van der Waals surface area contributed by atoms with E-state index in [0.29, 0.717) is 12.6 Å². The Kier molecular flexibility index (Phi) is 14.3. The second-order valence-corrected chi connectivity index (χ2v) is 8.02. The van der Waals surface area contributed by atoms with Gasteiger partial charge < -0.3 is 30.3 Å². The molecule has 8 nitrogen and oxygen atoms in total. The number of ether oxygens (including phenoxy) is 2. The number of guanidine groups is 1. The lowest BCUT2D eigenvalue weighted by molar-refractivity contribution is 0.00990. The molecule has 2 rings (SSSR count). The van der Waals surface area contributed by atoms with Gasteiger partial charge in [0.25, 0.3) is 0 Å². The molecule has 1 fully saturated rings. The molecule has 1 aliphatic rings. The highest BCUT2D eigenvalue weighted by Crippen LogP contribution is 2.15. The van der Waals surface area contributed by atoms with Gasteiger partial charge in [-0.15, -0.1) is 24.0 Å². The number of carbonyl (C=O) groups excluding carboxylic acids is 1. The Bertz CT molecular complexity index is 677. The average molecular weight is 562 g/mol. The molecule has 182 valence electrons. The number of nitrogens with one attached hydrogen (secondary N) is 3. The van der Waals surface area contributed by atoms with Crippen molar-refractivity contribution >= 4 is 41.7 Å². The molecule has 0 bridgehead atoms. The van der Waals surface area contributed by atoms with Crippen molar-refractivity contribution in [3.8, 4) is 0 Å². The van der Waals surface area contributed by atoms with E-state index in [9.17, 15) is 4.79 Å². The van der Waals surface area contributed by atoms with E-state index in [0.717, 1.165) is 69.3 Å². The summed E-state index contributed by atoms with van der Waals surface area (Å²) in [5.41, 5.74) is 1.87. The first-order chi connectivity index (χ1) is 15.0. The molecule has 3 N–H and O–H groups in total. The van der Waals surface area contributed by atoms with Crippen molar-refractivity contribution in [2.45, 2.75) is 58.7 Å². The molecular weight excluding hydrogens is 521 g/mol. The van der Waals surface area contributed by atoms with Crippen LogP contribution in [0.15, 0.2) is 29.3 Å². The number of hydrogen-bond acceptors (Lipinski definition) is 4. The Balaban J connectivity index is 0.00000512. The van der Waals surface area contributed by atoms with Crippen molar-refractivity contribution in [2.24, 2.45) is 4.99 Å².